The number of ether oxygens (including phenoxy) is 1. The van der Waals surface area contributed by atoms with Gasteiger partial charge in [0, 0.05) is 19.3 Å². The van der Waals surface area contributed by atoms with Gasteiger partial charge in [-0.1, -0.05) is 0 Å². The van der Waals surface area contributed by atoms with Crippen LogP contribution >= 0.6 is 0 Å². The number of aromatic nitrogens is 1. The minimum atomic E-state index is -3.77. The molecule has 0 atom stereocenters. The van der Waals surface area contributed by atoms with Crippen LogP contribution in [0.15, 0.2) is 47.5 Å². The number of rotatable bonds is 7. The number of benzene rings is 1. The third-order valence-corrected chi connectivity index (χ3v) is 5.34. The average molecular weight is 389 g/mol. The second kappa shape index (κ2) is 7.45. The Morgan fingerprint density at radius 1 is 1.11 bits per heavy atom. The Morgan fingerprint density at radius 2 is 1.81 bits per heavy atom. The molecule has 1 N–H and O–H groups in total. The van der Waals surface area contributed by atoms with Gasteiger partial charge < -0.3 is 4.74 Å². The van der Waals surface area contributed by atoms with E-state index in [1.807, 2.05) is 13.8 Å². The van der Waals surface area contributed by atoms with Gasteiger partial charge in [-0.25, -0.2) is 13.1 Å². The highest BCUT2D eigenvalue weighted by atomic mass is 32.2. The minimum Gasteiger partial charge on any atom is -0.491 e. The van der Waals surface area contributed by atoms with E-state index in [-0.39, 0.29) is 35.3 Å². The fraction of sp³-hybridized carbons (Fsp3) is 0.278. The number of carbonyl (C=O) groups excluding carboxylic acids is 2. The van der Waals surface area contributed by atoms with Gasteiger partial charge in [0.15, 0.2) is 0 Å². The summed E-state index contributed by atoms with van der Waals surface area (Å²) in [4.78, 5) is 29.4. The van der Waals surface area contributed by atoms with Gasteiger partial charge in [-0.3, -0.25) is 19.5 Å². The summed E-state index contributed by atoms with van der Waals surface area (Å²) in [5, 5.41) is 0. The first-order chi connectivity index (χ1) is 12.8. The van der Waals surface area contributed by atoms with Crippen molar-refractivity contribution in [2.24, 2.45) is 0 Å². The zero-order valence-electron chi connectivity index (χ0n) is 14.9. The molecule has 0 bridgehead atoms. The molecule has 1 aromatic carbocycles. The van der Waals surface area contributed by atoms with E-state index in [4.69, 9.17) is 4.74 Å². The van der Waals surface area contributed by atoms with Crippen molar-refractivity contribution in [1.29, 1.82) is 0 Å². The molecule has 1 aliphatic rings. The SMILES string of the molecule is CC(C)Oc1ccc(S(=O)(=O)NCCN2C(=O)c3cccnc3C2=O)cc1. The van der Waals surface area contributed by atoms with Gasteiger partial charge in [-0.15, -0.1) is 0 Å². The number of pyridine rings is 1. The zero-order chi connectivity index (χ0) is 19.6. The summed E-state index contributed by atoms with van der Waals surface area (Å²) >= 11 is 0. The van der Waals surface area contributed by atoms with Crippen LogP contribution in [-0.2, 0) is 10.0 Å². The lowest BCUT2D eigenvalue weighted by Crippen LogP contribution is -2.38. The summed E-state index contributed by atoms with van der Waals surface area (Å²) in [6.07, 6.45) is 1.42. The number of nitrogens with zero attached hydrogens (tertiary/aromatic N) is 2. The molecule has 0 aliphatic carbocycles. The van der Waals surface area contributed by atoms with E-state index in [0.29, 0.717) is 5.75 Å². The largest absolute Gasteiger partial charge is 0.491 e. The van der Waals surface area contributed by atoms with E-state index in [1.165, 1.54) is 24.4 Å². The van der Waals surface area contributed by atoms with Crippen molar-refractivity contribution >= 4 is 21.8 Å². The third kappa shape index (κ3) is 3.99. The van der Waals surface area contributed by atoms with Crippen molar-refractivity contribution in [3.63, 3.8) is 0 Å². The molecule has 2 aromatic rings. The van der Waals surface area contributed by atoms with Gasteiger partial charge in [0.25, 0.3) is 11.8 Å². The summed E-state index contributed by atoms with van der Waals surface area (Å²) in [6.45, 7) is 3.57. The van der Waals surface area contributed by atoms with E-state index >= 15 is 0 Å². The lowest BCUT2D eigenvalue weighted by Gasteiger charge is -2.14. The first kappa shape index (κ1) is 19.0. The first-order valence-corrected chi connectivity index (χ1v) is 9.85. The molecule has 2 amide bonds. The molecule has 3 rings (SSSR count). The lowest BCUT2D eigenvalue weighted by molar-refractivity contribution is 0.0655. The molecule has 0 saturated carbocycles. The Hall–Kier alpha value is -2.78. The highest BCUT2D eigenvalue weighted by Crippen LogP contribution is 2.20. The Kier molecular flexibility index (Phi) is 5.24. The summed E-state index contributed by atoms with van der Waals surface area (Å²) in [5.74, 6) is -0.426. The Bertz CT molecular complexity index is 936. The van der Waals surface area contributed by atoms with Crippen LogP contribution in [-0.4, -0.2) is 49.3 Å². The fourth-order valence-electron chi connectivity index (χ4n) is 2.66. The van der Waals surface area contributed by atoms with Crippen LogP contribution in [0.4, 0.5) is 0 Å². The molecular formula is C18H19N3O5S. The normalized spacial score (nSPS) is 14.0. The first-order valence-electron chi connectivity index (χ1n) is 8.37. The molecule has 9 heteroatoms. The van der Waals surface area contributed by atoms with E-state index < -0.39 is 21.8 Å². The van der Waals surface area contributed by atoms with E-state index in [1.54, 1.807) is 18.2 Å². The minimum absolute atomic E-state index is 0.0141. The molecule has 8 nitrogen and oxygen atoms in total. The van der Waals surface area contributed by atoms with Crippen LogP contribution in [0.1, 0.15) is 34.7 Å². The highest BCUT2D eigenvalue weighted by Gasteiger charge is 2.36. The molecule has 0 spiro atoms. The number of fused-ring (bicyclic) bond motifs is 1. The zero-order valence-corrected chi connectivity index (χ0v) is 15.7. The van der Waals surface area contributed by atoms with Crippen LogP contribution in [0.2, 0.25) is 0 Å². The quantitative estimate of drug-likeness (QED) is 0.719. The Labute approximate surface area is 157 Å². The van der Waals surface area contributed by atoms with Crippen molar-refractivity contribution in [3.8, 4) is 5.75 Å². The molecule has 0 saturated heterocycles. The fourth-order valence-corrected chi connectivity index (χ4v) is 3.68. The molecule has 0 radical (unpaired) electrons. The number of imide groups is 1. The predicted octanol–water partition coefficient (Wildman–Crippen LogP) is 1.44. The van der Waals surface area contributed by atoms with E-state index in [9.17, 15) is 18.0 Å². The van der Waals surface area contributed by atoms with E-state index in [0.717, 1.165) is 4.90 Å². The van der Waals surface area contributed by atoms with Crippen LogP contribution in [0.25, 0.3) is 0 Å². The van der Waals surface area contributed by atoms with Gasteiger partial charge in [-0.2, -0.15) is 0 Å². The molecule has 1 aliphatic heterocycles. The number of hydrogen-bond acceptors (Lipinski definition) is 6. The van der Waals surface area contributed by atoms with Crippen molar-refractivity contribution in [3.05, 3.63) is 53.9 Å². The topological polar surface area (TPSA) is 106 Å². The average Bonchev–Trinajstić information content (AvgIpc) is 2.87. The van der Waals surface area contributed by atoms with Crippen molar-refractivity contribution in [1.82, 2.24) is 14.6 Å². The standard InChI is InChI=1S/C18H19N3O5S/c1-12(2)26-13-5-7-14(8-6-13)27(24,25)20-10-11-21-17(22)15-4-3-9-19-16(15)18(21)23/h3-9,12,20H,10-11H2,1-2H3. The maximum atomic E-state index is 12.4. The summed E-state index contributed by atoms with van der Waals surface area (Å²) in [6, 6.07) is 9.11. The Balaban J connectivity index is 1.62. The molecule has 1 aromatic heterocycles. The Morgan fingerprint density at radius 3 is 2.44 bits per heavy atom. The maximum absolute atomic E-state index is 12.4. The highest BCUT2D eigenvalue weighted by molar-refractivity contribution is 7.89. The smallest absolute Gasteiger partial charge is 0.280 e. The molecule has 142 valence electrons. The van der Waals surface area contributed by atoms with Gasteiger partial charge in [0.2, 0.25) is 10.0 Å². The second-order valence-electron chi connectivity index (χ2n) is 6.20. The summed E-state index contributed by atoms with van der Waals surface area (Å²) in [5.41, 5.74) is 0.317. The number of hydrogen-bond donors (Lipinski definition) is 1. The summed E-state index contributed by atoms with van der Waals surface area (Å²) in [7, 11) is -3.77. The molecule has 0 unspecified atom stereocenters. The van der Waals surface area contributed by atoms with Gasteiger partial charge >= 0.3 is 0 Å². The van der Waals surface area contributed by atoms with Crippen LogP contribution in [0.3, 0.4) is 0 Å². The van der Waals surface area contributed by atoms with Crippen molar-refractivity contribution < 1.29 is 22.7 Å². The predicted molar refractivity (Wildman–Crippen MR) is 97.0 cm³/mol. The van der Waals surface area contributed by atoms with Gasteiger partial charge in [0.05, 0.1) is 16.6 Å². The number of nitrogens with one attached hydrogen (secondary N) is 1. The summed E-state index contributed by atoms with van der Waals surface area (Å²) < 4.78 is 32.6. The molecule has 27 heavy (non-hydrogen) atoms. The van der Waals surface area contributed by atoms with E-state index in [2.05, 4.69) is 9.71 Å². The monoisotopic (exact) mass is 389 g/mol. The number of carbonyl (C=O) groups is 2. The van der Waals surface area contributed by atoms with Crippen molar-refractivity contribution in [2.75, 3.05) is 13.1 Å². The molecular weight excluding hydrogens is 370 g/mol. The van der Waals surface area contributed by atoms with Crippen LogP contribution in [0, 0.1) is 0 Å². The lowest BCUT2D eigenvalue weighted by atomic mass is 10.2. The van der Waals surface area contributed by atoms with Crippen LogP contribution in [0.5, 0.6) is 5.75 Å². The van der Waals surface area contributed by atoms with Gasteiger partial charge in [0.1, 0.15) is 11.4 Å². The van der Waals surface area contributed by atoms with Crippen LogP contribution < -0.4 is 9.46 Å². The molecule has 2 heterocycles. The maximum Gasteiger partial charge on any atom is 0.280 e. The third-order valence-electron chi connectivity index (χ3n) is 3.86. The van der Waals surface area contributed by atoms with Crippen molar-refractivity contribution in [2.45, 2.75) is 24.8 Å². The second-order valence-corrected chi connectivity index (χ2v) is 7.96. The van der Waals surface area contributed by atoms with Gasteiger partial charge in [-0.05, 0) is 50.2 Å². The number of sulfonamides is 1. The number of amides is 2. The molecule has 0 fully saturated rings.